The fourth-order valence-electron chi connectivity index (χ4n) is 4.82. The van der Waals surface area contributed by atoms with Crippen molar-refractivity contribution in [2.75, 3.05) is 0 Å². The second-order valence-electron chi connectivity index (χ2n) is 8.85. The normalized spacial score (nSPS) is 32.0. The highest BCUT2D eigenvalue weighted by Gasteiger charge is 2.38. The first-order chi connectivity index (χ1) is 12.6. The maximum Gasteiger partial charge on any atom is 0.309 e. The van der Waals surface area contributed by atoms with Crippen LogP contribution in [-0.2, 0) is 9.53 Å². The smallest absolute Gasteiger partial charge is 0.309 e. The fraction of sp³-hybridized carbons (Fsp3) is 0.913. The van der Waals surface area contributed by atoms with Crippen molar-refractivity contribution >= 4 is 5.97 Å². The van der Waals surface area contributed by atoms with Crippen molar-refractivity contribution in [1.29, 1.82) is 5.26 Å². The van der Waals surface area contributed by atoms with Crippen LogP contribution in [0.1, 0.15) is 110 Å². The number of nitrogens with zero attached hydrogens (tertiary/aromatic N) is 1. The van der Waals surface area contributed by atoms with Crippen LogP contribution in [0.2, 0.25) is 0 Å². The molecule has 3 nitrogen and oxygen atoms in total. The average molecular weight is 362 g/mol. The fourth-order valence-corrected chi connectivity index (χ4v) is 4.82. The second kappa shape index (κ2) is 11.0. The van der Waals surface area contributed by atoms with Crippen molar-refractivity contribution in [3.05, 3.63) is 0 Å². The SMILES string of the molecule is CCCCCC1CCC(OC(=O)C2CCC(C#N)(CCCC)CC2)CC1. The van der Waals surface area contributed by atoms with Crippen LogP contribution in [0.15, 0.2) is 0 Å². The zero-order chi connectivity index (χ0) is 18.8. The lowest BCUT2D eigenvalue weighted by molar-refractivity contribution is -0.157. The zero-order valence-corrected chi connectivity index (χ0v) is 17.1. The Labute approximate surface area is 160 Å². The van der Waals surface area contributed by atoms with E-state index in [4.69, 9.17) is 4.74 Å². The van der Waals surface area contributed by atoms with Gasteiger partial charge in [0.05, 0.1) is 17.4 Å². The molecule has 0 spiro atoms. The standard InChI is InChI=1S/C23H39NO2/c1-3-5-7-8-19-9-11-21(12-10-19)26-22(25)20-13-16-23(18-24,17-14-20)15-6-4-2/h19-21H,3-17H2,1-2H3. The summed E-state index contributed by atoms with van der Waals surface area (Å²) in [5.74, 6) is 0.892. The molecule has 0 N–H and O–H groups in total. The quantitative estimate of drug-likeness (QED) is 0.345. The Hall–Kier alpha value is -1.04. The number of nitriles is 1. The largest absolute Gasteiger partial charge is 0.462 e. The molecule has 2 rings (SSSR count). The Morgan fingerprint density at radius 2 is 1.65 bits per heavy atom. The van der Waals surface area contributed by atoms with Gasteiger partial charge < -0.3 is 4.74 Å². The average Bonchev–Trinajstić information content (AvgIpc) is 2.68. The summed E-state index contributed by atoms with van der Waals surface area (Å²) in [4.78, 5) is 12.6. The third kappa shape index (κ3) is 6.29. The third-order valence-corrected chi connectivity index (χ3v) is 6.81. The molecule has 0 heterocycles. The summed E-state index contributed by atoms with van der Waals surface area (Å²) < 4.78 is 5.87. The van der Waals surface area contributed by atoms with Gasteiger partial charge in [0.15, 0.2) is 0 Å². The lowest BCUT2D eigenvalue weighted by Gasteiger charge is -2.35. The predicted molar refractivity (Wildman–Crippen MR) is 106 cm³/mol. The number of hydrogen-bond donors (Lipinski definition) is 0. The molecule has 26 heavy (non-hydrogen) atoms. The molecule has 0 aromatic rings. The molecule has 0 saturated heterocycles. The van der Waals surface area contributed by atoms with Gasteiger partial charge >= 0.3 is 5.97 Å². The van der Waals surface area contributed by atoms with Gasteiger partial charge in [-0.3, -0.25) is 4.79 Å². The number of ether oxygens (including phenoxy) is 1. The Kier molecular flexibility index (Phi) is 8.96. The van der Waals surface area contributed by atoms with Crippen LogP contribution in [0.5, 0.6) is 0 Å². The molecule has 0 aliphatic heterocycles. The third-order valence-electron chi connectivity index (χ3n) is 6.81. The van der Waals surface area contributed by atoms with Gasteiger partial charge in [-0.05, 0) is 63.7 Å². The highest BCUT2D eigenvalue weighted by molar-refractivity contribution is 5.72. The highest BCUT2D eigenvalue weighted by Crippen LogP contribution is 2.43. The molecule has 2 aliphatic rings. The van der Waals surface area contributed by atoms with Crippen molar-refractivity contribution in [2.45, 2.75) is 116 Å². The van der Waals surface area contributed by atoms with E-state index in [0.29, 0.717) is 0 Å². The molecule has 2 aliphatic carbocycles. The van der Waals surface area contributed by atoms with E-state index in [-0.39, 0.29) is 23.4 Å². The van der Waals surface area contributed by atoms with Gasteiger partial charge in [0.2, 0.25) is 0 Å². The van der Waals surface area contributed by atoms with E-state index in [9.17, 15) is 10.1 Å². The van der Waals surface area contributed by atoms with E-state index in [1.807, 2.05) is 0 Å². The lowest BCUT2D eigenvalue weighted by atomic mass is 9.69. The van der Waals surface area contributed by atoms with E-state index in [1.165, 1.54) is 38.5 Å². The first-order valence-electron chi connectivity index (χ1n) is 11.2. The molecule has 0 aromatic heterocycles. The van der Waals surface area contributed by atoms with Gasteiger partial charge in [-0.1, -0.05) is 52.4 Å². The van der Waals surface area contributed by atoms with Gasteiger partial charge in [0.1, 0.15) is 6.10 Å². The van der Waals surface area contributed by atoms with Gasteiger partial charge in [0.25, 0.3) is 0 Å². The van der Waals surface area contributed by atoms with Crippen LogP contribution in [0.4, 0.5) is 0 Å². The van der Waals surface area contributed by atoms with E-state index in [0.717, 1.165) is 63.7 Å². The van der Waals surface area contributed by atoms with Gasteiger partial charge in [-0.25, -0.2) is 0 Å². The van der Waals surface area contributed by atoms with Crippen LogP contribution >= 0.6 is 0 Å². The minimum atomic E-state index is -0.177. The number of hydrogen-bond acceptors (Lipinski definition) is 3. The highest BCUT2D eigenvalue weighted by atomic mass is 16.5. The van der Waals surface area contributed by atoms with Gasteiger partial charge in [-0.2, -0.15) is 5.26 Å². The molecule has 2 saturated carbocycles. The van der Waals surface area contributed by atoms with E-state index >= 15 is 0 Å². The van der Waals surface area contributed by atoms with Gasteiger partial charge in [0, 0.05) is 0 Å². The number of carbonyl (C=O) groups is 1. The molecule has 0 radical (unpaired) electrons. The molecule has 0 amide bonds. The van der Waals surface area contributed by atoms with Crippen molar-refractivity contribution < 1.29 is 9.53 Å². The summed E-state index contributed by atoms with van der Waals surface area (Å²) in [7, 11) is 0. The van der Waals surface area contributed by atoms with E-state index in [2.05, 4.69) is 19.9 Å². The predicted octanol–water partition coefficient (Wildman–Crippen LogP) is 6.56. The number of unbranched alkanes of at least 4 members (excludes halogenated alkanes) is 3. The number of rotatable bonds is 9. The molecule has 0 aromatic carbocycles. The summed E-state index contributed by atoms with van der Waals surface area (Å²) in [6.07, 6.45) is 16.7. The Bertz CT molecular complexity index is 451. The minimum absolute atomic E-state index is 0.0152. The molecular weight excluding hydrogens is 322 g/mol. The van der Waals surface area contributed by atoms with Crippen molar-refractivity contribution in [3.63, 3.8) is 0 Å². The molecule has 148 valence electrons. The van der Waals surface area contributed by atoms with Crippen LogP contribution in [-0.4, -0.2) is 12.1 Å². The molecular formula is C23H39NO2. The number of esters is 1. The zero-order valence-electron chi connectivity index (χ0n) is 17.1. The molecule has 3 heteroatoms. The van der Waals surface area contributed by atoms with Crippen LogP contribution < -0.4 is 0 Å². The summed E-state index contributed by atoms with van der Waals surface area (Å²) in [5, 5.41) is 9.59. The van der Waals surface area contributed by atoms with Gasteiger partial charge in [-0.15, -0.1) is 0 Å². The van der Waals surface area contributed by atoms with Crippen molar-refractivity contribution in [1.82, 2.24) is 0 Å². The Morgan fingerprint density at radius 3 is 2.23 bits per heavy atom. The topological polar surface area (TPSA) is 50.1 Å². The maximum absolute atomic E-state index is 12.6. The second-order valence-corrected chi connectivity index (χ2v) is 8.85. The molecule has 0 unspecified atom stereocenters. The first kappa shape index (κ1) is 21.3. The summed E-state index contributed by atoms with van der Waals surface area (Å²) in [6.45, 7) is 4.43. The maximum atomic E-state index is 12.6. The first-order valence-corrected chi connectivity index (χ1v) is 11.2. The minimum Gasteiger partial charge on any atom is -0.462 e. The van der Waals surface area contributed by atoms with E-state index < -0.39 is 0 Å². The lowest BCUT2D eigenvalue weighted by Crippen LogP contribution is -2.33. The van der Waals surface area contributed by atoms with Crippen LogP contribution in [0.3, 0.4) is 0 Å². The van der Waals surface area contributed by atoms with E-state index in [1.54, 1.807) is 0 Å². The van der Waals surface area contributed by atoms with Crippen LogP contribution in [0.25, 0.3) is 0 Å². The van der Waals surface area contributed by atoms with Crippen molar-refractivity contribution in [2.24, 2.45) is 17.3 Å². The summed E-state index contributed by atoms with van der Waals surface area (Å²) in [6, 6.07) is 2.57. The monoisotopic (exact) mass is 361 g/mol. The van der Waals surface area contributed by atoms with Crippen LogP contribution in [0, 0.1) is 28.6 Å². The molecule has 2 fully saturated rings. The summed E-state index contributed by atoms with van der Waals surface area (Å²) in [5.41, 5.74) is -0.177. The Balaban J connectivity index is 1.69. The van der Waals surface area contributed by atoms with Crippen molar-refractivity contribution in [3.8, 4) is 6.07 Å². The summed E-state index contributed by atoms with van der Waals surface area (Å²) >= 11 is 0. The molecule has 0 bridgehead atoms. The Morgan fingerprint density at radius 1 is 1.00 bits per heavy atom. The molecule has 0 atom stereocenters. The number of carbonyl (C=O) groups excluding carboxylic acids is 1.